The van der Waals surface area contributed by atoms with E-state index < -0.39 is 5.91 Å². The number of pyridine rings is 1. The first kappa shape index (κ1) is 25.1. The molecular formula is C24H41N2O3+. The Balaban J connectivity index is 1.88. The molecule has 2 N–H and O–H groups in total. The number of ether oxygens (including phenoxy) is 1. The predicted octanol–water partition coefficient (Wildman–Crippen LogP) is 5.10. The van der Waals surface area contributed by atoms with E-state index in [1.54, 1.807) is 29.1 Å². The maximum Gasteiger partial charge on any atom is 0.372 e. The van der Waals surface area contributed by atoms with Crippen molar-refractivity contribution in [3.63, 3.8) is 0 Å². The lowest BCUT2D eigenvalue weighted by Gasteiger charge is -2.04. The topological polar surface area (TPSA) is 73.3 Å². The Kier molecular flexibility index (Phi) is 14.7. The number of unbranched alkanes of at least 4 members (excludes halogenated alkanes) is 13. The summed E-state index contributed by atoms with van der Waals surface area (Å²) in [6, 6.07) is 3.20. The normalized spacial score (nSPS) is 10.8. The van der Waals surface area contributed by atoms with Crippen LogP contribution in [-0.4, -0.2) is 18.5 Å². The van der Waals surface area contributed by atoms with Crippen molar-refractivity contribution in [3.8, 4) is 0 Å². The van der Waals surface area contributed by atoms with Gasteiger partial charge in [-0.25, -0.2) is 4.79 Å². The van der Waals surface area contributed by atoms with Gasteiger partial charge < -0.3 is 10.5 Å². The fourth-order valence-electron chi connectivity index (χ4n) is 3.40. The number of primary amides is 1. The number of carbonyl (C=O) groups is 2. The molecule has 1 aromatic rings. The van der Waals surface area contributed by atoms with Gasteiger partial charge in [-0.1, -0.05) is 90.4 Å². The maximum atomic E-state index is 11.8. The molecule has 0 aromatic carbocycles. The molecular weight excluding hydrogens is 364 g/mol. The monoisotopic (exact) mass is 405 g/mol. The van der Waals surface area contributed by atoms with Crippen LogP contribution in [0.5, 0.6) is 0 Å². The van der Waals surface area contributed by atoms with Crippen LogP contribution in [0.3, 0.4) is 0 Å². The lowest BCUT2D eigenvalue weighted by atomic mass is 10.0. The van der Waals surface area contributed by atoms with Gasteiger partial charge in [-0.2, -0.15) is 4.57 Å². The van der Waals surface area contributed by atoms with Crippen LogP contribution in [0, 0.1) is 0 Å². The summed E-state index contributed by atoms with van der Waals surface area (Å²) in [5.74, 6) is -0.728. The maximum absolute atomic E-state index is 11.8. The molecule has 1 rings (SSSR count). The molecule has 5 heteroatoms. The van der Waals surface area contributed by atoms with Gasteiger partial charge in [-0.05, 0) is 6.42 Å². The van der Waals surface area contributed by atoms with Gasteiger partial charge in [0, 0.05) is 12.1 Å². The van der Waals surface area contributed by atoms with Crippen LogP contribution in [0.15, 0.2) is 24.5 Å². The standard InChI is InChI=1S/C24H40N2O3/c1-2-3-4-5-6-7-8-9-10-11-12-13-14-15-20-29-23(27)21-26-18-16-22(17-19-26)24(25)28/h16-19H,2-15,20-21H2,1H3,(H-,25,28)/p+1. The molecule has 0 saturated carbocycles. The van der Waals surface area contributed by atoms with Crippen molar-refractivity contribution >= 4 is 11.9 Å². The SMILES string of the molecule is CCCCCCCCCCCCCCCCOC(=O)C[n+]1ccc(C(N)=O)cc1. The first-order valence-electron chi connectivity index (χ1n) is 11.6. The third-order valence-corrected chi connectivity index (χ3v) is 5.25. The number of esters is 1. The zero-order valence-corrected chi connectivity index (χ0v) is 18.4. The van der Waals surface area contributed by atoms with E-state index in [9.17, 15) is 9.59 Å². The summed E-state index contributed by atoms with van der Waals surface area (Å²) in [6.07, 6.45) is 21.7. The predicted molar refractivity (Wildman–Crippen MR) is 116 cm³/mol. The number of nitrogens with two attached hydrogens (primary N) is 1. The van der Waals surface area contributed by atoms with E-state index >= 15 is 0 Å². The Morgan fingerprint density at radius 2 is 1.24 bits per heavy atom. The van der Waals surface area contributed by atoms with E-state index in [-0.39, 0.29) is 12.5 Å². The average molecular weight is 406 g/mol. The van der Waals surface area contributed by atoms with Crippen molar-refractivity contribution in [2.75, 3.05) is 6.61 Å². The van der Waals surface area contributed by atoms with Gasteiger partial charge in [0.1, 0.15) is 0 Å². The highest BCUT2D eigenvalue weighted by Gasteiger charge is 2.11. The number of carbonyl (C=O) groups excluding carboxylic acids is 2. The average Bonchev–Trinajstić information content (AvgIpc) is 2.71. The van der Waals surface area contributed by atoms with Crippen LogP contribution in [0.25, 0.3) is 0 Å². The van der Waals surface area contributed by atoms with Crippen molar-refractivity contribution in [1.29, 1.82) is 0 Å². The molecule has 0 aliphatic carbocycles. The quantitative estimate of drug-likeness (QED) is 0.210. The second-order valence-corrected chi connectivity index (χ2v) is 7.94. The molecule has 0 aliphatic rings. The molecule has 0 radical (unpaired) electrons. The van der Waals surface area contributed by atoms with Crippen LogP contribution in [0.4, 0.5) is 0 Å². The number of hydrogen-bond acceptors (Lipinski definition) is 3. The van der Waals surface area contributed by atoms with Gasteiger partial charge in [0.25, 0.3) is 0 Å². The zero-order chi connectivity index (χ0) is 21.2. The number of hydrogen-bond donors (Lipinski definition) is 1. The molecule has 0 bridgehead atoms. The van der Waals surface area contributed by atoms with Crippen LogP contribution in [0.1, 0.15) is 107 Å². The fourth-order valence-corrected chi connectivity index (χ4v) is 3.40. The highest BCUT2D eigenvalue weighted by atomic mass is 16.5. The van der Waals surface area contributed by atoms with Crippen LogP contribution >= 0.6 is 0 Å². The number of nitrogens with zero attached hydrogens (tertiary/aromatic N) is 1. The molecule has 164 valence electrons. The highest BCUT2D eigenvalue weighted by molar-refractivity contribution is 5.92. The third kappa shape index (κ3) is 13.8. The van der Waals surface area contributed by atoms with Gasteiger partial charge in [0.2, 0.25) is 12.5 Å². The van der Waals surface area contributed by atoms with Crippen molar-refractivity contribution in [3.05, 3.63) is 30.1 Å². The number of amides is 1. The lowest BCUT2D eigenvalue weighted by Crippen LogP contribution is -2.38. The minimum absolute atomic E-state index is 0.150. The van der Waals surface area contributed by atoms with E-state index in [1.807, 2.05) is 0 Å². The summed E-state index contributed by atoms with van der Waals surface area (Å²) in [6.45, 7) is 2.90. The smallest absolute Gasteiger partial charge is 0.372 e. The summed E-state index contributed by atoms with van der Waals surface area (Å²) in [7, 11) is 0. The summed E-state index contributed by atoms with van der Waals surface area (Å²) in [5.41, 5.74) is 5.62. The summed E-state index contributed by atoms with van der Waals surface area (Å²) < 4.78 is 6.96. The minimum atomic E-state index is -0.475. The lowest BCUT2D eigenvalue weighted by molar-refractivity contribution is -0.686. The van der Waals surface area contributed by atoms with E-state index in [2.05, 4.69) is 6.92 Å². The second kappa shape index (κ2) is 17.0. The van der Waals surface area contributed by atoms with Crippen LogP contribution in [0.2, 0.25) is 0 Å². The van der Waals surface area contributed by atoms with Crippen LogP contribution < -0.4 is 10.3 Å². The largest absolute Gasteiger partial charge is 0.461 e. The molecule has 0 fully saturated rings. The minimum Gasteiger partial charge on any atom is -0.461 e. The Morgan fingerprint density at radius 1 is 0.793 bits per heavy atom. The first-order valence-corrected chi connectivity index (χ1v) is 11.6. The summed E-state index contributed by atoms with van der Waals surface area (Å²) >= 11 is 0. The van der Waals surface area contributed by atoms with E-state index in [4.69, 9.17) is 10.5 Å². The number of aromatic nitrogens is 1. The van der Waals surface area contributed by atoms with Crippen molar-refractivity contribution in [2.45, 2.75) is 103 Å². The van der Waals surface area contributed by atoms with E-state index in [0.29, 0.717) is 12.2 Å². The molecule has 0 spiro atoms. The number of rotatable bonds is 18. The molecule has 5 nitrogen and oxygen atoms in total. The molecule has 1 heterocycles. The molecule has 0 saturated heterocycles. The van der Waals surface area contributed by atoms with Crippen LogP contribution in [-0.2, 0) is 16.1 Å². The van der Waals surface area contributed by atoms with E-state index in [0.717, 1.165) is 12.8 Å². The molecule has 0 atom stereocenters. The van der Waals surface area contributed by atoms with Gasteiger partial charge in [-0.3, -0.25) is 4.79 Å². The Hall–Kier alpha value is -1.91. The zero-order valence-electron chi connectivity index (χ0n) is 18.4. The molecule has 0 unspecified atom stereocenters. The third-order valence-electron chi connectivity index (χ3n) is 5.25. The molecule has 29 heavy (non-hydrogen) atoms. The van der Waals surface area contributed by atoms with E-state index in [1.165, 1.54) is 77.0 Å². The van der Waals surface area contributed by atoms with Crippen molar-refractivity contribution in [2.24, 2.45) is 5.73 Å². The van der Waals surface area contributed by atoms with Gasteiger partial charge in [0.05, 0.1) is 12.2 Å². The highest BCUT2D eigenvalue weighted by Crippen LogP contribution is 2.12. The Labute approximate surface area is 177 Å². The Bertz CT molecular complexity index is 558. The van der Waals surface area contributed by atoms with Crippen molar-refractivity contribution in [1.82, 2.24) is 0 Å². The summed E-state index contributed by atoms with van der Waals surface area (Å²) in [5, 5.41) is 0. The molecule has 1 amide bonds. The first-order chi connectivity index (χ1) is 14.1. The summed E-state index contributed by atoms with van der Waals surface area (Å²) in [4.78, 5) is 22.9. The van der Waals surface area contributed by atoms with Crippen molar-refractivity contribution < 1.29 is 18.9 Å². The fraction of sp³-hybridized carbons (Fsp3) is 0.708. The van der Waals surface area contributed by atoms with Gasteiger partial charge >= 0.3 is 5.97 Å². The van der Waals surface area contributed by atoms with Gasteiger partial charge in [-0.15, -0.1) is 0 Å². The molecule has 0 aliphatic heterocycles. The second-order valence-electron chi connectivity index (χ2n) is 7.94. The van der Waals surface area contributed by atoms with Gasteiger partial charge in [0.15, 0.2) is 12.4 Å². The molecule has 1 aromatic heterocycles. The Morgan fingerprint density at radius 3 is 1.69 bits per heavy atom.